The van der Waals surface area contributed by atoms with E-state index in [1.165, 1.54) is 6.92 Å². The van der Waals surface area contributed by atoms with Gasteiger partial charge < -0.3 is 23.1 Å². The number of rotatable bonds is 9. The standard InChI is InChI=1S/C28H56O9SSi2/c1-20(29)32-19-28-21(17-33-26(8,9)37-28)27(10,18-34-39(12,13)24(2,3)4)22(16-23(28)35-38(11,30)31)36-40(14,15)25(5,6)7/h21-23H,16-19H2,1-15H3/t21-,22-,23-,27-,28+/m0/s1. The summed E-state index contributed by atoms with van der Waals surface area (Å²) < 4.78 is 63.5. The van der Waals surface area contributed by atoms with Gasteiger partial charge in [0.05, 0.1) is 19.0 Å². The second-order valence-electron chi connectivity index (χ2n) is 15.5. The lowest BCUT2D eigenvalue weighted by atomic mass is 9.58. The largest absolute Gasteiger partial charge is 0.463 e. The van der Waals surface area contributed by atoms with E-state index in [4.69, 9.17) is 27.2 Å². The molecule has 1 aliphatic heterocycles. The lowest BCUT2D eigenvalue weighted by Gasteiger charge is -2.63. The van der Waals surface area contributed by atoms with Crippen molar-refractivity contribution in [3.8, 4) is 0 Å². The molecule has 9 nitrogen and oxygen atoms in total. The summed E-state index contributed by atoms with van der Waals surface area (Å²) in [6, 6.07) is 0. The summed E-state index contributed by atoms with van der Waals surface area (Å²) in [6.07, 6.45) is -0.131. The number of carbonyl (C=O) groups excluding carboxylic acids is 1. The molecule has 2 fully saturated rings. The van der Waals surface area contributed by atoms with E-state index in [2.05, 4.69) is 74.7 Å². The van der Waals surface area contributed by atoms with Gasteiger partial charge in [-0.2, -0.15) is 8.42 Å². The van der Waals surface area contributed by atoms with E-state index in [0.29, 0.717) is 6.61 Å². The van der Waals surface area contributed by atoms with Crippen LogP contribution >= 0.6 is 0 Å². The lowest BCUT2D eigenvalue weighted by molar-refractivity contribution is -0.386. The van der Waals surface area contributed by atoms with E-state index in [9.17, 15) is 13.2 Å². The highest BCUT2D eigenvalue weighted by atomic mass is 32.2. The fourth-order valence-electron chi connectivity index (χ4n) is 5.14. The van der Waals surface area contributed by atoms with Crippen molar-refractivity contribution in [2.75, 3.05) is 26.1 Å². The van der Waals surface area contributed by atoms with E-state index in [1.54, 1.807) is 13.8 Å². The van der Waals surface area contributed by atoms with E-state index in [0.717, 1.165) is 6.26 Å². The molecular formula is C28H56O9SSi2. The van der Waals surface area contributed by atoms with Gasteiger partial charge in [0.2, 0.25) is 0 Å². The van der Waals surface area contributed by atoms with E-state index in [1.807, 2.05) is 0 Å². The molecule has 0 aromatic rings. The Morgan fingerprint density at radius 3 is 1.90 bits per heavy atom. The summed E-state index contributed by atoms with van der Waals surface area (Å²) >= 11 is 0. The Labute approximate surface area is 245 Å². The third-order valence-corrected chi connectivity index (χ3v) is 19.3. The molecule has 2 rings (SSSR count). The highest BCUT2D eigenvalue weighted by Gasteiger charge is 2.68. The highest BCUT2D eigenvalue weighted by Crippen LogP contribution is 2.57. The molecule has 1 aliphatic carbocycles. The first-order chi connectivity index (χ1) is 17.6. The topological polar surface area (TPSA) is 107 Å². The molecule has 0 aromatic carbocycles. The third-order valence-electron chi connectivity index (χ3n) is 9.71. The monoisotopic (exact) mass is 624 g/mol. The fraction of sp³-hybridized carbons (Fsp3) is 0.964. The molecule has 40 heavy (non-hydrogen) atoms. The second-order valence-corrected chi connectivity index (χ2v) is 26.7. The summed E-state index contributed by atoms with van der Waals surface area (Å²) in [7, 11) is -8.45. The second kappa shape index (κ2) is 11.3. The van der Waals surface area contributed by atoms with Gasteiger partial charge in [-0.05, 0) is 50.1 Å². The van der Waals surface area contributed by atoms with Crippen molar-refractivity contribution in [2.24, 2.45) is 11.3 Å². The van der Waals surface area contributed by atoms with Gasteiger partial charge in [-0.1, -0.05) is 48.5 Å². The number of hydrogen-bond donors (Lipinski definition) is 0. The van der Waals surface area contributed by atoms with E-state index < -0.39 is 67.7 Å². The zero-order valence-electron chi connectivity index (χ0n) is 27.6. The van der Waals surface area contributed by atoms with Gasteiger partial charge in [0, 0.05) is 31.3 Å². The normalized spacial score (nSPS) is 31.9. The first-order valence-corrected chi connectivity index (χ1v) is 21.9. The highest BCUT2D eigenvalue weighted by molar-refractivity contribution is 7.86. The zero-order valence-corrected chi connectivity index (χ0v) is 30.5. The van der Waals surface area contributed by atoms with Crippen LogP contribution in [0.3, 0.4) is 0 Å². The molecule has 0 bridgehead atoms. The lowest BCUT2D eigenvalue weighted by Crippen LogP contribution is -2.74. The molecule has 5 atom stereocenters. The van der Waals surface area contributed by atoms with Gasteiger partial charge >= 0.3 is 5.97 Å². The van der Waals surface area contributed by atoms with Crippen LogP contribution in [0.4, 0.5) is 0 Å². The smallest absolute Gasteiger partial charge is 0.302 e. The Balaban J connectivity index is 2.78. The Bertz CT molecular complexity index is 1030. The SMILES string of the molecule is CC(=O)OC[C@@]12OC(C)(C)OC[C@H]1[C@](C)(CO[Si](C)(C)C(C)(C)C)[C@@H](O[Si](C)(C)C(C)(C)C)C[C@@H]2OS(C)(=O)=O. The van der Waals surface area contributed by atoms with Gasteiger partial charge in [-0.25, -0.2) is 0 Å². The van der Waals surface area contributed by atoms with Gasteiger partial charge in [-0.3, -0.25) is 8.98 Å². The maximum Gasteiger partial charge on any atom is 0.302 e. The number of esters is 1. The van der Waals surface area contributed by atoms with Crippen molar-refractivity contribution in [3.05, 3.63) is 0 Å². The Morgan fingerprint density at radius 2 is 1.45 bits per heavy atom. The summed E-state index contributed by atoms with van der Waals surface area (Å²) in [5.41, 5.74) is -1.99. The molecule has 1 heterocycles. The fourth-order valence-corrected chi connectivity index (χ4v) is 8.34. The molecule has 0 N–H and O–H groups in total. The molecule has 1 saturated heterocycles. The first-order valence-electron chi connectivity index (χ1n) is 14.3. The summed E-state index contributed by atoms with van der Waals surface area (Å²) in [5, 5.41) is -0.110. The summed E-state index contributed by atoms with van der Waals surface area (Å²) in [6.45, 7) is 29.3. The molecule has 2 aliphatic rings. The predicted molar refractivity (Wildman–Crippen MR) is 162 cm³/mol. The minimum atomic E-state index is -3.91. The number of ether oxygens (including phenoxy) is 3. The van der Waals surface area contributed by atoms with Crippen molar-refractivity contribution in [1.29, 1.82) is 0 Å². The van der Waals surface area contributed by atoms with Gasteiger partial charge in [-0.15, -0.1) is 0 Å². The Hall–Kier alpha value is -0.346. The van der Waals surface area contributed by atoms with Crippen molar-refractivity contribution in [3.63, 3.8) is 0 Å². The Kier molecular flexibility index (Phi) is 10.1. The van der Waals surface area contributed by atoms with E-state index >= 15 is 0 Å². The molecule has 12 heteroatoms. The molecule has 1 saturated carbocycles. The summed E-state index contributed by atoms with van der Waals surface area (Å²) in [4.78, 5) is 12.1. The van der Waals surface area contributed by atoms with Crippen LogP contribution in [-0.2, 0) is 42.2 Å². The van der Waals surface area contributed by atoms with Crippen LogP contribution in [0, 0.1) is 11.3 Å². The molecule has 0 unspecified atom stereocenters. The minimum absolute atomic E-state index is 0.0217. The first kappa shape index (κ1) is 35.8. The van der Waals surface area contributed by atoms with Gasteiger partial charge in [0.1, 0.15) is 18.3 Å². The Morgan fingerprint density at radius 1 is 0.925 bits per heavy atom. The summed E-state index contributed by atoms with van der Waals surface area (Å²) in [5.74, 6) is -2.02. The maximum atomic E-state index is 12.6. The molecule has 0 radical (unpaired) electrons. The minimum Gasteiger partial charge on any atom is -0.463 e. The van der Waals surface area contributed by atoms with Crippen LogP contribution in [0.1, 0.15) is 75.7 Å². The number of carbonyl (C=O) groups is 1. The van der Waals surface area contributed by atoms with Crippen LogP contribution in [0.25, 0.3) is 0 Å². The third kappa shape index (κ3) is 7.78. The average Bonchev–Trinajstić information content (AvgIpc) is 2.71. The van der Waals surface area contributed by atoms with Crippen LogP contribution in [0.2, 0.25) is 36.3 Å². The van der Waals surface area contributed by atoms with E-state index in [-0.39, 0.29) is 29.7 Å². The molecule has 0 aromatic heterocycles. The van der Waals surface area contributed by atoms with Crippen LogP contribution in [0.5, 0.6) is 0 Å². The molecule has 236 valence electrons. The van der Waals surface area contributed by atoms with Gasteiger partial charge in [0.15, 0.2) is 22.4 Å². The molecule has 0 amide bonds. The van der Waals surface area contributed by atoms with Crippen molar-refractivity contribution in [1.82, 2.24) is 0 Å². The van der Waals surface area contributed by atoms with Crippen LogP contribution < -0.4 is 0 Å². The predicted octanol–water partition coefficient (Wildman–Crippen LogP) is 5.85. The van der Waals surface area contributed by atoms with Crippen LogP contribution in [-0.4, -0.2) is 80.7 Å². The number of fused-ring (bicyclic) bond motifs is 1. The quantitative estimate of drug-likeness (QED) is 0.177. The zero-order chi connectivity index (χ0) is 31.4. The number of hydrogen-bond acceptors (Lipinski definition) is 9. The van der Waals surface area contributed by atoms with Crippen molar-refractivity contribution in [2.45, 2.75) is 136 Å². The molecular weight excluding hydrogens is 569 g/mol. The van der Waals surface area contributed by atoms with Crippen molar-refractivity contribution >= 4 is 32.7 Å². The van der Waals surface area contributed by atoms with Gasteiger partial charge in [0.25, 0.3) is 10.1 Å². The maximum absolute atomic E-state index is 12.6. The van der Waals surface area contributed by atoms with Crippen molar-refractivity contribution < 1.29 is 40.5 Å². The average molecular weight is 625 g/mol. The molecule has 0 spiro atoms. The van der Waals surface area contributed by atoms with Crippen LogP contribution in [0.15, 0.2) is 0 Å².